The van der Waals surface area contributed by atoms with Gasteiger partial charge in [-0.25, -0.2) is 4.39 Å². The van der Waals surface area contributed by atoms with E-state index in [9.17, 15) is 4.39 Å². The van der Waals surface area contributed by atoms with E-state index >= 15 is 0 Å². The van der Waals surface area contributed by atoms with Gasteiger partial charge in [-0.05, 0) is 64.1 Å². The lowest BCUT2D eigenvalue weighted by atomic mass is 10.1. The zero-order valence-corrected chi connectivity index (χ0v) is 12.5. The van der Waals surface area contributed by atoms with Crippen LogP contribution in [0.2, 0.25) is 5.02 Å². The number of nitrogens with zero attached hydrogens (tertiary/aromatic N) is 2. The van der Waals surface area contributed by atoms with E-state index in [0.29, 0.717) is 6.04 Å². The molecule has 1 fully saturated rings. The van der Waals surface area contributed by atoms with Gasteiger partial charge in [0.25, 0.3) is 0 Å². The van der Waals surface area contributed by atoms with Crippen LogP contribution in [0, 0.1) is 5.82 Å². The molecular weight excluding hydrogens is 263 g/mol. The van der Waals surface area contributed by atoms with Gasteiger partial charge in [-0.2, -0.15) is 0 Å². The molecule has 0 radical (unpaired) electrons. The van der Waals surface area contributed by atoms with Crippen molar-refractivity contribution in [1.29, 1.82) is 0 Å². The maximum atomic E-state index is 13.1. The van der Waals surface area contributed by atoms with Crippen LogP contribution < -0.4 is 0 Å². The van der Waals surface area contributed by atoms with Crippen molar-refractivity contribution in [2.75, 3.05) is 27.2 Å². The molecule has 19 heavy (non-hydrogen) atoms. The second-order valence-corrected chi connectivity index (χ2v) is 5.98. The van der Waals surface area contributed by atoms with E-state index in [1.165, 1.54) is 25.3 Å². The van der Waals surface area contributed by atoms with E-state index in [4.69, 9.17) is 11.6 Å². The Morgan fingerprint density at radius 3 is 2.79 bits per heavy atom. The molecule has 1 aromatic carbocycles. The summed E-state index contributed by atoms with van der Waals surface area (Å²) in [7, 11) is 4.31. The maximum absolute atomic E-state index is 13.1. The zero-order valence-electron chi connectivity index (χ0n) is 11.7. The second-order valence-electron chi connectivity index (χ2n) is 5.57. The third kappa shape index (κ3) is 4.16. The smallest absolute Gasteiger partial charge is 0.141 e. The first-order chi connectivity index (χ1) is 9.06. The average molecular weight is 285 g/mol. The van der Waals surface area contributed by atoms with Crippen molar-refractivity contribution < 1.29 is 4.39 Å². The van der Waals surface area contributed by atoms with Gasteiger partial charge in [0.1, 0.15) is 5.82 Å². The first kappa shape index (κ1) is 14.8. The summed E-state index contributed by atoms with van der Waals surface area (Å²) >= 11 is 5.83. The SMILES string of the molecule is CN(C)[C@H]1CCCN(Cc2ccc(F)c(Cl)c2)CC1. The second kappa shape index (κ2) is 6.69. The number of benzene rings is 1. The van der Waals surface area contributed by atoms with E-state index in [0.717, 1.165) is 25.2 Å². The topological polar surface area (TPSA) is 6.48 Å². The largest absolute Gasteiger partial charge is 0.306 e. The molecule has 0 amide bonds. The molecule has 106 valence electrons. The third-order valence-corrected chi connectivity index (χ3v) is 4.20. The van der Waals surface area contributed by atoms with Crippen LogP contribution in [-0.2, 0) is 6.54 Å². The van der Waals surface area contributed by atoms with Crippen molar-refractivity contribution in [2.24, 2.45) is 0 Å². The summed E-state index contributed by atoms with van der Waals surface area (Å²) in [6, 6.07) is 5.71. The zero-order chi connectivity index (χ0) is 13.8. The van der Waals surface area contributed by atoms with Gasteiger partial charge in [-0.15, -0.1) is 0 Å². The molecule has 1 saturated heterocycles. The molecule has 0 bridgehead atoms. The fourth-order valence-electron chi connectivity index (χ4n) is 2.71. The Hall–Kier alpha value is -0.640. The lowest BCUT2D eigenvalue weighted by Crippen LogP contribution is -2.29. The summed E-state index contributed by atoms with van der Waals surface area (Å²) < 4.78 is 13.1. The first-order valence-electron chi connectivity index (χ1n) is 6.89. The van der Waals surface area contributed by atoms with E-state index in [-0.39, 0.29) is 10.8 Å². The van der Waals surface area contributed by atoms with Crippen LogP contribution in [0.25, 0.3) is 0 Å². The van der Waals surface area contributed by atoms with Gasteiger partial charge in [0.15, 0.2) is 0 Å². The Morgan fingerprint density at radius 2 is 2.11 bits per heavy atom. The molecule has 0 spiro atoms. The summed E-state index contributed by atoms with van der Waals surface area (Å²) in [4.78, 5) is 4.76. The molecule has 2 rings (SSSR count). The minimum atomic E-state index is -0.339. The summed E-state index contributed by atoms with van der Waals surface area (Å²) in [6.45, 7) is 3.07. The van der Waals surface area contributed by atoms with Gasteiger partial charge in [-0.3, -0.25) is 4.90 Å². The van der Waals surface area contributed by atoms with Crippen LogP contribution in [-0.4, -0.2) is 43.0 Å². The van der Waals surface area contributed by atoms with Crippen molar-refractivity contribution >= 4 is 11.6 Å². The fourth-order valence-corrected chi connectivity index (χ4v) is 2.91. The molecule has 2 nitrogen and oxygen atoms in total. The fraction of sp³-hybridized carbons (Fsp3) is 0.600. The molecule has 0 aliphatic carbocycles. The van der Waals surface area contributed by atoms with Gasteiger partial charge in [0.2, 0.25) is 0 Å². The van der Waals surface area contributed by atoms with Crippen LogP contribution in [0.3, 0.4) is 0 Å². The highest BCUT2D eigenvalue weighted by Gasteiger charge is 2.18. The monoisotopic (exact) mass is 284 g/mol. The standard InChI is InChI=1S/C15H22ClFN2/c1-18(2)13-4-3-8-19(9-7-13)11-12-5-6-15(17)14(16)10-12/h5-6,10,13H,3-4,7-9,11H2,1-2H3/t13-/m0/s1. The molecule has 0 aromatic heterocycles. The summed E-state index contributed by atoms with van der Waals surface area (Å²) in [5, 5.41) is 0.221. The van der Waals surface area contributed by atoms with Crippen LogP contribution in [0.4, 0.5) is 4.39 Å². The molecule has 0 unspecified atom stereocenters. The quantitative estimate of drug-likeness (QED) is 0.839. The van der Waals surface area contributed by atoms with Crippen LogP contribution in [0.15, 0.2) is 18.2 Å². The van der Waals surface area contributed by atoms with Crippen LogP contribution in [0.5, 0.6) is 0 Å². The molecule has 1 aromatic rings. The predicted octanol–water partition coefficient (Wildman–Crippen LogP) is 3.40. The van der Waals surface area contributed by atoms with Crippen molar-refractivity contribution in [2.45, 2.75) is 31.8 Å². The number of halogens is 2. The van der Waals surface area contributed by atoms with Crippen molar-refractivity contribution in [3.63, 3.8) is 0 Å². The van der Waals surface area contributed by atoms with Crippen LogP contribution in [0.1, 0.15) is 24.8 Å². The lowest BCUT2D eigenvalue weighted by Gasteiger charge is -2.23. The Labute approximate surface area is 120 Å². The highest BCUT2D eigenvalue weighted by atomic mass is 35.5. The van der Waals surface area contributed by atoms with Gasteiger partial charge >= 0.3 is 0 Å². The Bertz CT molecular complexity index is 423. The number of rotatable bonds is 3. The highest BCUT2D eigenvalue weighted by Crippen LogP contribution is 2.20. The Balaban J connectivity index is 1.94. The molecule has 1 aliphatic rings. The number of likely N-dealkylation sites (tertiary alicyclic amines) is 1. The summed E-state index contributed by atoms with van der Waals surface area (Å²) in [5.41, 5.74) is 1.09. The van der Waals surface area contributed by atoms with Crippen LogP contribution >= 0.6 is 11.6 Å². The molecule has 1 aliphatic heterocycles. The van der Waals surface area contributed by atoms with Gasteiger partial charge in [0.05, 0.1) is 5.02 Å². The predicted molar refractivity (Wildman–Crippen MR) is 78.0 cm³/mol. The third-order valence-electron chi connectivity index (χ3n) is 3.91. The average Bonchev–Trinajstić information content (AvgIpc) is 2.59. The van der Waals surface area contributed by atoms with Crippen molar-refractivity contribution in [3.05, 3.63) is 34.6 Å². The first-order valence-corrected chi connectivity index (χ1v) is 7.27. The van der Waals surface area contributed by atoms with Crippen molar-refractivity contribution in [3.8, 4) is 0 Å². The lowest BCUT2D eigenvalue weighted by molar-refractivity contribution is 0.245. The maximum Gasteiger partial charge on any atom is 0.141 e. The molecule has 4 heteroatoms. The molecule has 0 saturated carbocycles. The minimum absolute atomic E-state index is 0.221. The summed E-state index contributed by atoms with van der Waals surface area (Å²) in [6.07, 6.45) is 3.67. The van der Waals surface area contributed by atoms with Gasteiger partial charge in [0, 0.05) is 12.6 Å². The number of hydrogen-bond acceptors (Lipinski definition) is 2. The van der Waals surface area contributed by atoms with Gasteiger partial charge in [-0.1, -0.05) is 17.7 Å². The van der Waals surface area contributed by atoms with E-state index < -0.39 is 0 Å². The van der Waals surface area contributed by atoms with E-state index in [2.05, 4.69) is 23.9 Å². The van der Waals surface area contributed by atoms with Gasteiger partial charge < -0.3 is 4.90 Å². The van der Waals surface area contributed by atoms with E-state index in [1.54, 1.807) is 6.07 Å². The minimum Gasteiger partial charge on any atom is -0.306 e. The van der Waals surface area contributed by atoms with E-state index in [1.807, 2.05) is 6.07 Å². The Morgan fingerprint density at radius 1 is 1.32 bits per heavy atom. The normalized spacial score (nSPS) is 21.6. The molecule has 0 N–H and O–H groups in total. The molecule has 1 heterocycles. The highest BCUT2D eigenvalue weighted by molar-refractivity contribution is 6.30. The molecular formula is C15H22ClFN2. The Kier molecular flexibility index (Phi) is 5.20. The molecule has 1 atom stereocenters. The summed E-state index contributed by atoms with van der Waals surface area (Å²) in [5.74, 6) is -0.339. The van der Waals surface area contributed by atoms with Crippen molar-refractivity contribution in [1.82, 2.24) is 9.80 Å². The number of hydrogen-bond donors (Lipinski definition) is 0.